The van der Waals surface area contributed by atoms with E-state index in [1.165, 1.54) is 17.2 Å². The summed E-state index contributed by atoms with van der Waals surface area (Å²) in [6.45, 7) is 6.96. The molecule has 0 atom stereocenters. The molecule has 0 saturated carbocycles. The van der Waals surface area contributed by atoms with E-state index in [4.69, 9.17) is 4.98 Å². The average molecular weight is 371 g/mol. The van der Waals surface area contributed by atoms with Crippen LogP contribution in [0.2, 0.25) is 0 Å². The summed E-state index contributed by atoms with van der Waals surface area (Å²) in [6, 6.07) is 17.9. The van der Waals surface area contributed by atoms with Crippen LogP contribution >= 0.6 is 0 Å². The highest BCUT2D eigenvalue weighted by Crippen LogP contribution is 2.35. The smallest absolute Gasteiger partial charge is 0.354 e. The first-order chi connectivity index (χ1) is 13.5. The molecule has 0 bridgehead atoms. The van der Waals surface area contributed by atoms with Crippen LogP contribution in [0.15, 0.2) is 54.6 Å². The first-order valence-corrected chi connectivity index (χ1v) is 9.27. The van der Waals surface area contributed by atoms with Gasteiger partial charge in [0.15, 0.2) is 11.3 Å². The molecule has 0 saturated heterocycles. The Labute approximate surface area is 163 Å². The maximum Gasteiger partial charge on any atom is 0.354 e. The molecule has 2 aromatic carbocycles. The average Bonchev–Trinajstić information content (AvgIpc) is 3.05. The second-order valence-electron chi connectivity index (χ2n) is 6.89. The highest BCUT2D eigenvalue weighted by Gasteiger charge is 2.18. The van der Waals surface area contributed by atoms with Crippen molar-refractivity contribution in [1.82, 2.24) is 14.5 Å². The number of aryl methyl sites for hydroxylation is 3. The van der Waals surface area contributed by atoms with Crippen LogP contribution in [0.25, 0.3) is 33.7 Å². The van der Waals surface area contributed by atoms with Gasteiger partial charge in [-0.25, -0.2) is 14.8 Å². The van der Waals surface area contributed by atoms with E-state index < -0.39 is 5.97 Å². The van der Waals surface area contributed by atoms with Crippen molar-refractivity contribution < 1.29 is 9.90 Å². The molecule has 0 aliphatic heterocycles. The number of rotatable bonds is 4. The van der Waals surface area contributed by atoms with Gasteiger partial charge in [0.1, 0.15) is 5.82 Å². The maximum absolute atomic E-state index is 11.3. The number of hydrogen-bond acceptors (Lipinski definition) is 3. The number of carbonyl (C=O) groups is 1. The Balaban J connectivity index is 1.97. The number of aromatic nitrogens is 3. The fraction of sp³-hybridized carbons (Fsp3) is 0.174. The standard InChI is InChI=1S/C23H21N3O2/c1-4-26-20-12-11-19(23(27)28)24-21(20)25-22(26)18-8-6-5-7-17(18)16-10-9-14(2)13-15(16)3/h5-13H,4H2,1-3H3,(H,27,28). The Hall–Kier alpha value is -3.47. The van der Waals surface area contributed by atoms with E-state index in [1.807, 2.05) is 12.1 Å². The molecular formula is C23H21N3O2. The number of aromatic carboxylic acids is 1. The SMILES string of the molecule is CCn1c(-c2ccccc2-c2ccc(C)cc2C)nc2nc(C(=O)O)ccc21. The lowest BCUT2D eigenvalue weighted by molar-refractivity contribution is 0.0691. The Morgan fingerprint density at radius 2 is 1.71 bits per heavy atom. The van der Waals surface area contributed by atoms with Crippen molar-refractivity contribution >= 4 is 17.1 Å². The molecule has 2 heterocycles. The molecule has 0 aliphatic carbocycles. The summed E-state index contributed by atoms with van der Waals surface area (Å²) in [5.74, 6) is -0.256. The molecule has 0 amide bonds. The Morgan fingerprint density at radius 3 is 2.39 bits per heavy atom. The van der Waals surface area contributed by atoms with Crippen LogP contribution < -0.4 is 0 Å². The zero-order chi connectivity index (χ0) is 19.8. The predicted molar refractivity (Wildman–Crippen MR) is 111 cm³/mol. The molecule has 1 N–H and O–H groups in total. The van der Waals surface area contributed by atoms with E-state index in [0.717, 1.165) is 28.0 Å². The number of hydrogen-bond donors (Lipinski definition) is 1. The first-order valence-electron chi connectivity index (χ1n) is 9.27. The third kappa shape index (κ3) is 2.95. The lowest BCUT2D eigenvalue weighted by Gasteiger charge is -2.13. The van der Waals surface area contributed by atoms with Gasteiger partial charge in [0.25, 0.3) is 0 Å². The molecule has 5 nitrogen and oxygen atoms in total. The third-order valence-electron chi connectivity index (χ3n) is 4.99. The van der Waals surface area contributed by atoms with Gasteiger partial charge in [-0.15, -0.1) is 0 Å². The van der Waals surface area contributed by atoms with Crippen molar-refractivity contribution in [3.05, 3.63) is 71.4 Å². The molecule has 4 aromatic rings. The molecule has 0 fully saturated rings. The number of pyridine rings is 1. The lowest BCUT2D eigenvalue weighted by Crippen LogP contribution is -2.01. The largest absolute Gasteiger partial charge is 0.477 e. The normalized spacial score (nSPS) is 11.1. The van der Waals surface area contributed by atoms with Gasteiger partial charge in [-0.2, -0.15) is 0 Å². The summed E-state index contributed by atoms with van der Waals surface area (Å²) in [4.78, 5) is 20.2. The summed E-state index contributed by atoms with van der Waals surface area (Å²) in [6.07, 6.45) is 0. The number of nitrogens with zero attached hydrogens (tertiary/aromatic N) is 3. The molecule has 0 unspecified atom stereocenters. The van der Waals surface area contributed by atoms with Crippen molar-refractivity contribution in [2.75, 3.05) is 0 Å². The van der Waals surface area contributed by atoms with Crippen molar-refractivity contribution in [2.45, 2.75) is 27.3 Å². The monoisotopic (exact) mass is 371 g/mol. The second-order valence-corrected chi connectivity index (χ2v) is 6.89. The Bertz CT molecular complexity index is 1210. The molecule has 0 spiro atoms. The second kappa shape index (κ2) is 6.93. The zero-order valence-electron chi connectivity index (χ0n) is 16.1. The van der Waals surface area contributed by atoms with Crippen LogP contribution in [0, 0.1) is 13.8 Å². The van der Waals surface area contributed by atoms with E-state index in [2.05, 4.69) is 60.7 Å². The Kier molecular flexibility index (Phi) is 4.43. The highest BCUT2D eigenvalue weighted by atomic mass is 16.4. The van der Waals surface area contributed by atoms with Gasteiger partial charge < -0.3 is 9.67 Å². The van der Waals surface area contributed by atoms with Gasteiger partial charge >= 0.3 is 5.97 Å². The fourth-order valence-corrected chi connectivity index (χ4v) is 3.68. The van der Waals surface area contributed by atoms with Crippen LogP contribution in [0.3, 0.4) is 0 Å². The molecule has 5 heteroatoms. The molecular weight excluding hydrogens is 350 g/mol. The van der Waals surface area contributed by atoms with E-state index in [1.54, 1.807) is 6.07 Å². The van der Waals surface area contributed by atoms with Crippen LogP contribution in [0.5, 0.6) is 0 Å². The Morgan fingerprint density at radius 1 is 0.964 bits per heavy atom. The zero-order valence-corrected chi connectivity index (χ0v) is 16.1. The lowest BCUT2D eigenvalue weighted by atomic mass is 9.94. The number of benzene rings is 2. The van der Waals surface area contributed by atoms with Crippen LogP contribution in [0.4, 0.5) is 0 Å². The number of carboxylic acids is 1. The van der Waals surface area contributed by atoms with Crippen molar-refractivity contribution in [2.24, 2.45) is 0 Å². The van der Waals surface area contributed by atoms with E-state index in [0.29, 0.717) is 12.2 Å². The van der Waals surface area contributed by atoms with Crippen LogP contribution in [-0.2, 0) is 6.54 Å². The van der Waals surface area contributed by atoms with E-state index in [9.17, 15) is 9.90 Å². The van der Waals surface area contributed by atoms with Crippen molar-refractivity contribution in [1.29, 1.82) is 0 Å². The topological polar surface area (TPSA) is 68.0 Å². The molecule has 2 aromatic heterocycles. The third-order valence-corrected chi connectivity index (χ3v) is 4.99. The number of fused-ring (bicyclic) bond motifs is 1. The van der Waals surface area contributed by atoms with Crippen molar-refractivity contribution in [3.8, 4) is 22.5 Å². The maximum atomic E-state index is 11.3. The molecule has 0 aliphatic rings. The van der Waals surface area contributed by atoms with Gasteiger partial charge in [0.05, 0.1) is 5.52 Å². The minimum atomic E-state index is -1.05. The summed E-state index contributed by atoms with van der Waals surface area (Å²) >= 11 is 0. The summed E-state index contributed by atoms with van der Waals surface area (Å²) in [7, 11) is 0. The number of carboxylic acid groups (broad SMARTS) is 1. The van der Waals surface area contributed by atoms with Crippen LogP contribution in [-0.4, -0.2) is 25.6 Å². The summed E-state index contributed by atoms with van der Waals surface area (Å²) in [5.41, 5.74) is 6.99. The van der Waals surface area contributed by atoms with E-state index >= 15 is 0 Å². The van der Waals surface area contributed by atoms with Gasteiger partial charge in [-0.1, -0.05) is 48.0 Å². The predicted octanol–water partition coefficient (Wildman–Crippen LogP) is 5.10. The van der Waals surface area contributed by atoms with Gasteiger partial charge in [0, 0.05) is 12.1 Å². The molecule has 28 heavy (non-hydrogen) atoms. The van der Waals surface area contributed by atoms with Gasteiger partial charge in [0.2, 0.25) is 0 Å². The van der Waals surface area contributed by atoms with E-state index in [-0.39, 0.29) is 5.69 Å². The first kappa shape index (κ1) is 17.9. The quantitative estimate of drug-likeness (QED) is 0.542. The molecule has 0 radical (unpaired) electrons. The van der Waals surface area contributed by atoms with Gasteiger partial charge in [-0.05, 0) is 49.6 Å². The van der Waals surface area contributed by atoms with Crippen LogP contribution in [0.1, 0.15) is 28.5 Å². The van der Waals surface area contributed by atoms with Gasteiger partial charge in [-0.3, -0.25) is 0 Å². The highest BCUT2D eigenvalue weighted by molar-refractivity contribution is 5.90. The number of imidazole rings is 1. The fourth-order valence-electron chi connectivity index (χ4n) is 3.68. The summed E-state index contributed by atoms with van der Waals surface area (Å²) < 4.78 is 2.08. The minimum Gasteiger partial charge on any atom is -0.477 e. The minimum absolute atomic E-state index is 0.00228. The summed E-state index contributed by atoms with van der Waals surface area (Å²) in [5, 5.41) is 9.24. The molecule has 140 valence electrons. The molecule has 4 rings (SSSR count). The van der Waals surface area contributed by atoms with Crippen molar-refractivity contribution in [3.63, 3.8) is 0 Å².